The molecule has 9 fully saturated rings. The smallest absolute Gasteiger partial charge is 0.0644 e. The van der Waals surface area contributed by atoms with E-state index in [4.69, 9.17) is 4.74 Å². The lowest BCUT2D eigenvalue weighted by Gasteiger charge is -2.41. The van der Waals surface area contributed by atoms with Gasteiger partial charge in [0.25, 0.3) is 0 Å². The first kappa shape index (κ1) is 67.8. The standard InChI is InChI=1S/C13H26N2.C12H24N2.C9H19NO.C8H17NO.C7H15NO.C7H15N.C6H13N/c1-12(2)14-10-6-13(7-11-14)15-8-4-3-5-9-15;1-11(2)13-9-5-12(6-10-13)14-7-3-4-8-14;1-8(2)10-6-4-9(3,11)5-7-10;1-7(2)9-5-3-8(10)4-6-9;1-7(2)8-3-5-9-6-4-8;1-7(2)8-5-3-4-6-8;1-6(2)7-4-3-5-7/h12-13H,3-11H2,1-2H3;11-12H,3-10H2,1-2H3;8,11H,4-7H2,1-3H3;7-8,10H,3-6H2,1-2H3;7H,3-6H2,1-2H3;7H,3-6H2,1-2H3;6H,3-5H2,1-2H3. The van der Waals surface area contributed by atoms with Crippen LogP contribution in [0.3, 0.4) is 0 Å². The second-order valence-electron chi connectivity index (χ2n) is 26.1. The highest BCUT2D eigenvalue weighted by molar-refractivity contribution is 4.85. The highest BCUT2D eigenvalue weighted by Crippen LogP contribution is 2.24. The van der Waals surface area contributed by atoms with Gasteiger partial charge in [-0.1, -0.05) is 6.42 Å². The lowest BCUT2D eigenvalue weighted by molar-refractivity contribution is -0.0126. The Hall–Kier alpha value is -0.480. The van der Waals surface area contributed by atoms with Crippen molar-refractivity contribution in [3.05, 3.63) is 0 Å². The molecule has 9 heterocycles. The van der Waals surface area contributed by atoms with Crippen molar-refractivity contribution in [3.63, 3.8) is 0 Å². The van der Waals surface area contributed by atoms with Crippen molar-refractivity contribution in [3.8, 4) is 0 Å². The molecule has 9 aliphatic rings. The van der Waals surface area contributed by atoms with Gasteiger partial charge in [0.2, 0.25) is 0 Å². The number of likely N-dealkylation sites (tertiary alicyclic amines) is 8. The Morgan fingerprint density at radius 2 is 0.581 bits per heavy atom. The number of nitrogens with zero attached hydrogens (tertiary/aromatic N) is 9. The predicted molar refractivity (Wildman–Crippen MR) is 319 cm³/mol. The minimum absolute atomic E-state index is 0.0324. The molecule has 0 spiro atoms. The normalized spacial score (nSPS) is 25.3. The summed E-state index contributed by atoms with van der Waals surface area (Å²) in [7, 11) is 0. The third-order valence-electron chi connectivity index (χ3n) is 18.1. The Morgan fingerprint density at radius 1 is 0.324 bits per heavy atom. The Bertz CT molecular complexity index is 1310. The molecule has 0 radical (unpaired) electrons. The van der Waals surface area contributed by atoms with Crippen LogP contribution in [0.4, 0.5) is 0 Å². The zero-order chi connectivity index (χ0) is 54.6. The average Bonchev–Trinajstić information content (AvgIpc) is 4.12. The van der Waals surface area contributed by atoms with Crippen LogP contribution in [0.25, 0.3) is 0 Å². The second kappa shape index (κ2) is 37.5. The molecule has 0 bridgehead atoms. The van der Waals surface area contributed by atoms with E-state index in [0.29, 0.717) is 18.1 Å². The number of piperidine rings is 5. The van der Waals surface area contributed by atoms with Gasteiger partial charge >= 0.3 is 0 Å². The van der Waals surface area contributed by atoms with Gasteiger partial charge in [-0.25, -0.2) is 0 Å². The molecule has 0 aliphatic carbocycles. The fraction of sp³-hybridized carbons (Fsp3) is 1.00. The summed E-state index contributed by atoms with van der Waals surface area (Å²) < 4.78 is 5.21. The fourth-order valence-electron chi connectivity index (χ4n) is 12.1. The molecule has 0 aromatic heterocycles. The lowest BCUT2D eigenvalue weighted by Crippen LogP contribution is -2.48. The van der Waals surface area contributed by atoms with Gasteiger partial charge in [0, 0.05) is 93.6 Å². The van der Waals surface area contributed by atoms with Crippen molar-refractivity contribution in [2.75, 3.05) is 131 Å². The Morgan fingerprint density at radius 3 is 0.865 bits per heavy atom. The summed E-state index contributed by atoms with van der Waals surface area (Å²) in [5.41, 5.74) is -0.397. The van der Waals surface area contributed by atoms with Crippen LogP contribution in [0.5, 0.6) is 0 Å². The topological polar surface area (TPSA) is 78.9 Å². The van der Waals surface area contributed by atoms with Crippen molar-refractivity contribution >= 4 is 0 Å². The number of aliphatic hydroxyl groups excluding tert-OH is 1. The van der Waals surface area contributed by atoms with Gasteiger partial charge < -0.3 is 54.1 Å². The summed E-state index contributed by atoms with van der Waals surface area (Å²) in [5.74, 6) is 0. The third-order valence-corrected chi connectivity index (χ3v) is 18.1. The quantitative estimate of drug-likeness (QED) is 0.231. The molecule has 0 saturated carbocycles. The van der Waals surface area contributed by atoms with Crippen LogP contribution in [0.1, 0.15) is 207 Å². The number of ether oxygens (including phenoxy) is 1. The van der Waals surface area contributed by atoms with E-state index < -0.39 is 5.60 Å². The number of hydrogen-bond acceptors (Lipinski definition) is 12. The third kappa shape index (κ3) is 27.6. The van der Waals surface area contributed by atoms with Crippen LogP contribution in [-0.4, -0.2) is 251 Å². The van der Waals surface area contributed by atoms with Gasteiger partial charge in [-0.2, -0.15) is 0 Å². The van der Waals surface area contributed by atoms with E-state index in [0.717, 1.165) is 114 Å². The Balaban J connectivity index is 0.000000231. The molecule has 9 rings (SSSR count). The van der Waals surface area contributed by atoms with Crippen LogP contribution in [0.15, 0.2) is 0 Å². The summed E-state index contributed by atoms with van der Waals surface area (Å²) in [6, 6.07) is 6.83. The molecule has 0 aromatic carbocycles. The van der Waals surface area contributed by atoms with Gasteiger partial charge in [-0.15, -0.1) is 0 Å². The first-order valence-corrected chi connectivity index (χ1v) is 31.8. The Labute approximate surface area is 461 Å². The van der Waals surface area contributed by atoms with E-state index in [-0.39, 0.29) is 6.10 Å². The van der Waals surface area contributed by atoms with Crippen LogP contribution < -0.4 is 0 Å². The van der Waals surface area contributed by atoms with Crippen molar-refractivity contribution in [1.82, 2.24) is 44.1 Å². The summed E-state index contributed by atoms with van der Waals surface area (Å²) in [6.07, 6.45) is 20.8. The minimum atomic E-state index is -0.397. The maximum absolute atomic E-state index is 9.65. The molecular weight excluding hydrogens is 919 g/mol. The molecule has 12 nitrogen and oxygen atoms in total. The molecule has 12 heteroatoms. The van der Waals surface area contributed by atoms with Crippen LogP contribution in [0.2, 0.25) is 0 Å². The van der Waals surface area contributed by atoms with Gasteiger partial charge in [0.15, 0.2) is 0 Å². The summed E-state index contributed by atoms with van der Waals surface area (Å²) in [5, 5.41) is 18.8. The van der Waals surface area contributed by atoms with Crippen LogP contribution in [0, 0.1) is 0 Å². The van der Waals surface area contributed by atoms with E-state index in [2.05, 4.69) is 141 Å². The number of aliphatic hydroxyl groups is 2. The van der Waals surface area contributed by atoms with Gasteiger partial charge in [-0.05, 0) is 279 Å². The molecule has 440 valence electrons. The van der Waals surface area contributed by atoms with Crippen LogP contribution >= 0.6 is 0 Å². The monoisotopic (exact) mass is 1050 g/mol. The van der Waals surface area contributed by atoms with E-state index in [1.54, 1.807) is 0 Å². The van der Waals surface area contributed by atoms with E-state index >= 15 is 0 Å². The lowest BCUT2D eigenvalue weighted by atomic mass is 9.93. The molecule has 0 aromatic rings. The van der Waals surface area contributed by atoms with Crippen molar-refractivity contribution in [2.45, 2.75) is 273 Å². The fourth-order valence-corrected chi connectivity index (χ4v) is 12.1. The molecule has 0 amide bonds. The van der Waals surface area contributed by atoms with E-state index in [1.807, 2.05) is 6.92 Å². The molecule has 9 aliphatic heterocycles. The molecule has 74 heavy (non-hydrogen) atoms. The highest BCUT2D eigenvalue weighted by atomic mass is 16.5. The Kier molecular flexibility index (Phi) is 34.3. The molecule has 2 N–H and O–H groups in total. The van der Waals surface area contributed by atoms with Gasteiger partial charge in [0.05, 0.1) is 24.9 Å². The first-order chi connectivity index (χ1) is 35.2. The summed E-state index contributed by atoms with van der Waals surface area (Å²) in [6.45, 7) is 57.9. The molecular formula is C62H129N9O3. The number of morpholine rings is 1. The van der Waals surface area contributed by atoms with Gasteiger partial charge in [0.1, 0.15) is 0 Å². The van der Waals surface area contributed by atoms with E-state index in [1.165, 1.54) is 156 Å². The number of rotatable bonds is 9. The highest BCUT2D eigenvalue weighted by Gasteiger charge is 2.30. The molecule has 0 atom stereocenters. The van der Waals surface area contributed by atoms with Gasteiger partial charge in [-0.3, -0.25) is 4.90 Å². The summed E-state index contributed by atoms with van der Waals surface area (Å²) >= 11 is 0. The molecule has 9 saturated heterocycles. The molecule has 0 unspecified atom stereocenters. The van der Waals surface area contributed by atoms with Crippen molar-refractivity contribution in [1.29, 1.82) is 0 Å². The van der Waals surface area contributed by atoms with E-state index in [9.17, 15) is 10.2 Å². The first-order valence-electron chi connectivity index (χ1n) is 31.8. The maximum atomic E-state index is 9.65. The van der Waals surface area contributed by atoms with Crippen LogP contribution in [-0.2, 0) is 4.74 Å². The number of hydrogen-bond donors (Lipinski definition) is 2. The minimum Gasteiger partial charge on any atom is -0.393 e. The van der Waals surface area contributed by atoms with Crippen molar-refractivity contribution in [2.24, 2.45) is 0 Å². The summed E-state index contributed by atoms with van der Waals surface area (Å²) in [4.78, 5) is 23.0. The predicted octanol–water partition coefficient (Wildman–Crippen LogP) is 9.71. The maximum Gasteiger partial charge on any atom is 0.0644 e. The second-order valence-corrected chi connectivity index (χ2v) is 26.1. The largest absolute Gasteiger partial charge is 0.393 e. The SMILES string of the molecule is CC(C)N1CCC(C)(O)CC1.CC(C)N1CCC(N2CCCC2)CC1.CC(C)N1CCC(N2CCCCC2)CC1.CC(C)N1CCC(O)CC1.CC(C)N1CCC1.CC(C)N1CCCC1.CC(C)N1CCOCC1. The van der Waals surface area contributed by atoms with Crippen molar-refractivity contribution < 1.29 is 14.9 Å². The zero-order valence-electron chi connectivity index (χ0n) is 52.1. The zero-order valence-corrected chi connectivity index (χ0v) is 52.1. The average molecular weight is 1050 g/mol.